The molecule has 3 rings (SSSR count). The van der Waals surface area contributed by atoms with E-state index >= 15 is 0 Å². The van der Waals surface area contributed by atoms with Gasteiger partial charge in [0, 0.05) is 23.7 Å². The Balaban J connectivity index is 1.80. The largest absolute Gasteiger partial charge is 0.495 e. The van der Waals surface area contributed by atoms with Crippen LogP contribution in [-0.4, -0.2) is 19.6 Å². The number of nitrogen functional groups attached to an aromatic ring is 1. The maximum atomic E-state index is 12.3. The Labute approximate surface area is 122 Å². The van der Waals surface area contributed by atoms with Crippen LogP contribution in [0.2, 0.25) is 0 Å². The smallest absolute Gasteiger partial charge is 0.255 e. The molecular weight excluding hydrogens is 268 g/mol. The maximum Gasteiger partial charge on any atom is 0.255 e. The summed E-state index contributed by atoms with van der Waals surface area (Å²) < 4.78 is 10.6. The van der Waals surface area contributed by atoms with Gasteiger partial charge < -0.3 is 20.5 Å². The molecule has 1 amide bonds. The molecule has 0 saturated carbocycles. The van der Waals surface area contributed by atoms with Gasteiger partial charge in [-0.15, -0.1) is 0 Å². The van der Waals surface area contributed by atoms with E-state index in [2.05, 4.69) is 5.32 Å². The van der Waals surface area contributed by atoms with Crippen LogP contribution in [0.1, 0.15) is 15.9 Å². The second-order valence-electron chi connectivity index (χ2n) is 4.83. The number of ether oxygens (including phenoxy) is 2. The van der Waals surface area contributed by atoms with Crippen molar-refractivity contribution in [3.8, 4) is 11.5 Å². The number of nitrogens with one attached hydrogen (secondary N) is 1. The highest BCUT2D eigenvalue weighted by Crippen LogP contribution is 2.27. The Morgan fingerprint density at radius 3 is 2.95 bits per heavy atom. The normalized spacial score (nSPS) is 12.4. The Kier molecular flexibility index (Phi) is 3.39. The van der Waals surface area contributed by atoms with Crippen molar-refractivity contribution in [1.82, 2.24) is 0 Å². The summed E-state index contributed by atoms with van der Waals surface area (Å²) in [6.45, 7) is 0.676. The number of carbonyl (C=O) groups is 1. The molecule has 0 atom stereocenters. The van der Waals surface area contributed by atoms with Crippen LogP contribution >= 0.6 is 0 Å². The lowest BCUT2D eigenvalue weighted by atomic mass is 10.1. The van der Waals surface area contributed by atoms with Gasteiger partial charge in [0.05, 0.1) is 19.4 Å². The van der Waals surface area contributed by atoms with Crippen LogP contribution in [0.25, 0.3) is 0 Å². The van der Waals surface area contributed by atoms with Crippen molar-refractivity contribution in [3.63, 3.8) is 0 Å². The van der Waals surface area contributed by atoms with E-state index in [1.807, 2.05) is 12.1 Å². The van der Waals surface area contributed by atoms with Crippen LogP contribution in [0.4, 0.5) is 11.4 Å². The van der Waals surface area contributed by atoms with Gasteiger partial charge in [0.1, 0.15) is 11.5 Å². The summed E-state index contributed by atoms with van der Waals surface area (Å²) >= 11 is 0. The zero-order valence-electron chi connectivity index (χ0n) is 11.7. The monoisotopic (exact) mass is 284 g/mol. The zero-order chi connectivity index (χ0) is 14.8. The minimum Gasteiger partial charge on any atom is -0.495 e. The molecule has 0 aliphatic carbocycles. The lowest BCUT2D eigenvalue weighted by Gasteiger charge is -2.09. The first-order chi connectivity index (χ1) is 10.2. The highest BCUT2D eigenvalue weighted by molar-refractivity contribution is 6.04. The summed E-state index contributed by atoms with van der Waals surface area (Å²) in [7, 11) is 1.54. The van der Waals surface area contributed by atoms with E-state index < -0.39 is 0 Å². The summed E-state index contributed by atoms with van der Waals surface area (Å²) in [5.74, 6) is 1.23. The standard InChI is InChI=1S/C16H16N2O3/c1-20-15-9-12(3-4-13(15)17)18-16(19)11-2-5-14-10(8-11)6-7-21-14/h2-5,8-9H,6-7,17H2,1H3,(H,18,19). The van der Waals surface area contributed by atoms with E-state index in [0.717, 1.165) is 17.7 Å². The number of carbonyl (C=O) groups excluding carboxylic acids is 1. The van der Waals surface area contributed by atoms with E-state index in [9.17, 15) is 4.79 Å². The summed E-state index contributed by atoms with van der Waals surface area (Å²) in [5.41, 5.74) is 8.60. The van der Waals surface area contributed by atoms with Crippen molar-refractivity contribution in [1.29, 1.82) is 0 Å². The van der Waals surface area contributed by atoms with E-state index in [-0.39, 0.29) is 5.91 Å². The second kappa shape index (κ2) is 5.36. The number of methoxy groups -OCH3 is 1. The first-order valence-electron chi connectivity index (χ1n) is 6.68. The van der Waals surface area contributed by atoms with Gasteiger partial charge in [0.25, 0.3) is 5.91 Å². The SMILES string of the molecule is COc1cc(NC(=O)c2ccc3c(c2)CCO3)ccc1N. The van der Waals surface area contributed by atoms with Gasteiger partial charge in [-0.2, -0.15) is 0 Å². The zero-order valence-corrected chi connectivity index (χ0v) is 11.7. The predicted octanol–water partition coefficient (Wildman–Crippen LogP) is 2.46. The number of anilines is 2. The van der Waals surface area contributed by atoms with Gasteiger partial charge >= 0.3 is 0 Å². The van der Waals surface area contributed by atoms with Gasteiger partial charge in [-0.05, 0) is 35.9 Å². The van der Waals surface area contributed by atoms with E-state index in [0.29, 0.717) is 29.3 Å². The topological polar surface area (TPSA) is 73.6 Å². The van der Waals surface area contributed by atoms with Crippen LogP contribution in [0.3, 0.4) is 0 Å². The predicted molar refractivity (Wildman–Crippen MR) is 81.0 cm³/mol. The number of hydrogen-bond donors (Lipinski definition) is 2. The molecule has 2 aromatic rings. The van der Waals surface area contributed by atoms with Crippen molar-refractivity contribution < 1.29 is 14.3 Å². The number of nitrogens with two attached hydrogens (primary N) is 1. The summed E-state index contributed by atoms with van der Waals surface area (Å²) in [6, 6.07) is 10.6. The third kappa shape index (κ3) is 2.63. The molecule has 0 unspecified atom stereocenters. The molecule has 108 valence electrons. The molecule has 1 aliphatic heterocycles. The first-order valence-corrected chi connectivity index (χ1v) is 6.68. The molecule has 21 heavy (non-hydrogen) atoms. The van der Waals surface area contributed by atoms with Crippen LogP contribution in [0.5, 0.6) is 11.5 Å². The van der Waals surface area contributed by atoms with E-state index in [1.54, 1.807) is 24.3 Å². The summed E-state index contributed by atoms with van der Waals surface area (Å²) in [5, 5.41) is 2.84. The molecule has 0 spiro atoms. The molecular formula is C16H16N2O3. The van der Waals surface area contributed by atoms with Gasteiger partial charge in [-0.25, -0.2) is 0 Å². The molecule has 5 nitrogen and oxygen atoms in total. The van der Waals surface area contributed by atoms with Gasteiger partial charge in [-0.3, -0.25) is 4.79 Å². The Morgan fingerprint density at radius 2 is 2.14 bits per heavy atom. The summed E-state index contributed by atoms with van der Waals surface area (Å²) in [4.78, 5) is 12.3. The molecule has 3 N–H and O–H groups in total. The molecule has 2 aromatic carbocycles. The minimum absolute atomic E-state index is 0.170. The fraction of sp³-hybridized carbons (Fsp3) is 0.188. The van der Waals surface area contributed by atoms with Gasteiger partial charge in [0.2, 0.25) is 0 Å². The highest BCUT2D eigenvalue weighted by atomic mass is 16.5. The lowest BCUT2D eigenvalue weighted by molar-refractivity contribution is 0.102. The lowest BCUT2D eigenvalue weighted by Crippen LogP contribution is -2.12. The molecule has 5 heteroatoms. The molecule has 0 fully saturated rings. The van der Waals surface area contributed by atoms with Gasteiger partial charge in [0.15, 0.2) is 0 Å². The van der Waals surface area contributed by atoms with Crippen LogP contribution < -0.4 is 20.5 Å². The highest BCUT2D eigenvalue weighted by Gasteiger charge is 2.15. The number of fused-ring (bicyclic) bond motifs is 1. The molecule has 1 heterocycles. The van der Waals surface area contributed by atoms with Crippen LogP contribution in [0.15, 0.2) is 36.4 Å². The van der Waals surface area contributed by atoms with Crippen molar-refractivity contribution in [3.05, 3.63) is 47.5 Å². The summed E-state index contributed by atoms with van der Waals surface area (Å²) in [6.07, 6.45) is 0.839. The average Bonchev–Trinajstić information content (AvgIpc) is 2.96. The molecule has 0 aromatic heterocycles. The van der Waals surface area contributed by atoms with Crippen LogP contribution in [0, 0.1) is 0 Å². The molecule has 0 saturated heterocycles. The van der Waals surface area contributed by atoms with Crippen molar-refractivity contribution in [2.75, 3.05) is 24.8 Å². The van der Waals surface area contributed by atoms with Crippen molar-refractivity contribution >= 4 is 17.3 Å². The fourth-order valence-corrected chi connectivity index (χ4v) is 2.32. The average molecular weight is 284 g/mol. The second-order valence-corrected chi connectivity index (χ2v) is 4.83. The Hall–Kier alpha value is -2.69. The molecule has 1 aliphatic rings. The number of benzene rings is 2. The van der Waals surface area contributed by atoms with E-state index in [1.165, 1.54) is 7.11 Å². The van der Waals surface area contributed by atoms with Crippen molar-refractivity contribution in [2.24, 2.45) is 0 Å². The van der Waals surface area contributed by atoms with E-state index in [4.69, 9.17) is 15.2 Å². The molecule has 0 bridgehead atoms. The minimum atomic E-state index is -0.170. The maximum absolute atomic E-state index is 12.3. The number of rotatable bonds is 3. The number of hydrogen-bond acceptors (Lipinski definition) is 4. The third-order valence-corrected chi connectivity index (χ3v) is 3.44. The number of amides is 1. The molecule has 0 radical (unpaired) electrons. The fourth-order valence-electron chi connectivity index (χ4n) is 2.32. The Morgan fingerprint density at radius 1 is 1.29 bits per heavy atom. The van der Waals surface area contributed by atoms with Crippen LogP contribution in [-0.2, 0) is 6.42 Å². The van der Waals surface area contributed by atoms with Crippen molar-refractivity contribution in [2.45, 2.75) is 6.42 Å². The van der Waals surface area contributed by atoms with Gasteiger partial charge in [-0.1, -0.05) is 0 Å². The third-order valence-electron chi connectivity index (χ3n) is 3.44. The quantitative estimate of drug-likeness (QED) is 0.849. The first kappa shape index (κ1) is 13.3. The Bertz CT molecular complexity index is 698.